The molecule has 1 fully saturated rings. The van der Waals surface area contributed by atoms with E-state index in [1.807, 2.05) is 56.1 Å². The van der Waals surface area contributed by atoms with Gasteiger partial charge in [0.25, 0.3) is 0 Å². The van der Waals surface area contributed by atoms with Crippen molar-refractivity contribution >= 4 is 28.4 Å². The van der Waals surface area contributed by atoms with E-state index in [0.717, 1.165) is 33.5 Å². The molecule has 0 saturated heterocycles. The van der Waals surface area contributed by atoms with Crippen LogP contribution in [0.5, 0.6) is 5.75 Å². The van der Waals surface area contributed by atoms with Crippen LogP contribution in [0, 0.1) is 0 Å². The summed E-state index contributed by atoms with van der Waals surface area (Å²) in [6.45, 7) is 0. The first-order chi connectivity index (χ1) is 15.7. The Kier molecular flexibility index (Phi) is 5.58. The fraction of sp³-hybridized carbons (Fsp3) is 0.333. The SMILES string of the molecule is COc1cc(-c2cnn(C)c2)ccc1Nc1ncc2ccnc(NC3CCCCC3)c2n1. The van der Waals surface area contributed by atoms with Gasteiger partial charge in [0.15, 0.2) is 5.82 Å². The van der Waals surface area contributed by atoms with E-state index in [1.165, 1.54) is 32.1 Å². The largest absolute Gasteiger partial charge is 0.495 e. The summed E-state index contributed by atoms with van der Waals surface area (Å²) in [5.74, 6) is 2.03. The number of nitrogens with zero attached hydrogens (tertiary/aromatic N) is 5. The molecule has 0 radical (unpaired) electrons. The second-order valence-corrected chi connectivity index (χ2v) is 8.21. The minimum Gasteiger partial charge on any atom is -0.495 e. The van der Waals surface area contributed by atoms with Crippen molar-refractivity contribution in [3.63, 3.8) is 0 Å². The number of fused-ring (bicyclic) bond motifs is 1. The molecule has 8 nitrogen and oxygen atoms in total. The first-order valence-electron chi connectivity index (χ1n) is 11.0. The lowest BCUT2D eigenvalue weighted by Gasteiger charge is -2.23. The van der Waals surface area contributed by atoms with Crippen LogP contribution in [0.2, 0.25) is 0 Å². The Morgan fingerprint density at radius 3 is 2.69 bits per heavy atom. The van der Waals surface area contributed by atoms with Gasteiger partial charge in [-0.1, -0.05) is 25.3 Å². The first kappa shape index (κ1) is 20.2. The van der Waals surface area contributed by atoms with Gasteiger partial charge in [0.05, 0.1) is 19.0 Å². The van der Waals surface area contributed by atoms with E-state index in [0.29, 0.717) is 17.7 Å². The van der Waals surface area contributed by atoms with Crippen LogP contribution in [0.4, 0.5) is 17.5 Å². The molecule has 0 atom stereocenters. The number of methoxy groups -OCH3 is 1. The molecule has 0 amide bonds. The number of ether oxygens (including phenoxy) is 1. The monoisotopic (exact) mass is 429 g/mol. The van der Waals surface area contributed by atoms with Crippen LogP contribution in [0.15, 0.2) is 49.1 Å². The van der Waals surface area contributed by atoms with Crippen molar-refractivity contribution in [2.24, 2.45) is 7.05 Å². The second kappa shape index (κ2) is 8.82. The van der Waals surface area contributed by atoms with Crippen molar-refractivity contribution < 1.29 is 4.74 Å². The predicted octanol–water partition coefficient (Wildman–Crippen LogP) is 4.92. The number of benzene rings is 1. The standard InChI is InChI=1S/C24H27N7O/c1-31-15-18(14-27-31)16-8-9-20(21(12-16)32-2)29-24-26-13-17-10-11-25-23(22(17)30-24)28-19-6-4-3-5-7-19/h8-15,19H,3-7H2,1-2H3,(H,25,28)(H,26,29,30). The molecule has 32 heavy (non-hydrogen) atoms. The minimum absolute atomic E-state index is 0.452. The molecule has 5 rings (SSSR count). The van der Waals surface area contributed by atoms with Crippen LogP contribution in [0.1, 0.15) is 32.1 Å². The quantitative estimate of drug-likeness (QED) is 0.449. The lowest BCUT2D eigenvalue weighted by molar-refractivity contribution is 0.417. The molecule has 3 aromatic heterocycles. The highest BCUT2D eigenvalue weighted by molar-refractivity contribution is 5.88. The zero-order chi connectivity index (χ0) is 21.9. The van der Waals surface area contributed by atoms with Gasteiger partial charge in [0.2, 0.25) is 5.95 Å². The molecule has 1 aliphatic rings. The molecule has 2 N–H and O–H groups in total. The summed E-state index contributed by atoms with van der Waals surface area (Å²) in [5, 5.41) is 12.1. The van der Waals surface area contributed by atoms with Crippen LogP contribution in [0.25, 0.3) is 22.0 Å². The van der Waals surface area contributed by atoms with Crippen molar-refractivity contribution in [3.05, 3.63) is 49.1 Å². The van der Waals surface area contributed by atoms with E-state index in [2.05, 4.69) is 25.7 Å². The topological polar surface area (TPSA) is 89.8 Å². The maximum Gasteiger partial charge on any atom is 0.227 e. The molecule has 0 spiro atoms. The number of hydrogen-bond donors (Lipinski definition) is 2. The van der Waals surface area contributed by atoms with Gasteiger partial charge in [0.1, 0.15) is 11.3 Å². The molecule has 3 heterocycles. The predicted molar refractivity (Wildman–Crippen MR) is 126 cm³/mol. The number of hydrogen-bond acceptors (Lipinski definition) is 7. The van der Waals surface area contributed by atoms with Gasteiger partial charge in [-0.2, -0.15) is 5.10 Å². The molecular formula is C24H27N7O. The van der Waals surface area contributed by atoms with Crippen LogP contribution in [-0.4, -0.2) is 37.9 Å². The first-order valence-corrected chi connectivity index (χ1v) is 11.0. The van der Waals surface area contributed by atoms with Gasteiger partial charge >= 0.3 is 0 Å². The fourth-order valence-electron chi connectivity index (χ4n) is 4.23. The summed E-state index contributed by atoms with van der Waals surface area (Å²) >= 11 is 0. The highest BCUT2D eigenvalue weighted by Gasteiger charge is 2.16. The van der Waals surface area contributed by atoms with Crippen LogP contribution in [-0.2, 0) is 7.05 Å². The van der Waals surface area contributed by atoms with Crippen molar-refractivity contribution in [2.75, 3.05) is 17.7 Å². The van der Waals surface area contributed by atoms with Gasteiger partial charge < -0.3 is 15.4 Å². The average Bonchev–Trinajstić information content (AvgIpc) is 3.26. The Morgan fingerprint density at radius 1 is 1.03 bits per heavy atom. The van der Waals surface area contributed by atoms with E-state index >= 15 is 0 Å². The van der Waals surface area contributed by atoms with Gasteiger partial charge in [0, 0.05) is 42.6 Å². The Morgan fingerprint density at radius 2 is 1.91 bits per heavy atom. The number of rotatable bonds is 6. The number of nitrogens with one attached hydrogen (secondary N) is 2. The van der Waals surface area contributed by atoms with E-state index in [-0.39, 0.29) is 0 Å². The zero-order valence-corrected chi connectivity index (χ0v) is 18.4. The van der Waals surface area contributed by atoms with Gasteiger partial charge in [-0.25, -0.2) is 15.0 Å². The van der Waals surface area contributed by atoms with E-state index in [9.17, 15) is 0 Å². The summed E-state index contributed by atoms with van der Waals surface area (Å²) in [7, 11) is 3.56. The smallest absolute Gasteiger partial charge is 0.227 e. The molecule has 0 bridgehead atoms. The van der Waals surface area contributed by atoms with Crippen molar-refractivity contribution in [1.82, 2.24) is 24.7 Å². The van der Waals surface area contributed by atoms with E-state index in [1.54, 1.807) is 11.8 Å². The number of aromatic nitrogens is 5. The maximum atomic E-state index is 5.63. The van der Waals surface area contributed by atoms with Gasteiger partial charge in [-0.05, 0) is 36.6 Å². The normalized spacial score (nSPS) is 14.4. The highest BCUT2D eigenvalue weighted by Crippen LogP contribution is 2.32. The number of aryl methyl sites for hydroxylation is 1. The maximum absolute atomic E-state index is 5.63. The molecule has 8 heteroatoms. The lowest BCUT2D eigenvalue weighted by atomic mass is 9.95. The van der Waals surface area contributed by atoms with Crippen LogP contribution in [0.3, 0.4) is 0 Å². The lowest BCUT2D eigenvalue weighted by Crippen LogP contribution is -2.23. The molecule has 0 aliphatic heterocycles. The van der Waals surface area contributed by atoms with Crippen LogP contribution >= 0.6 is 0 Å². The summed E-state index contributed by atoms with van der Waals surface area (Å²) in [5.41, 5.74) is 3.68. The van der Waals surface area contributed by atoms with Crippen molar-refractivity contribution in [3.8, 4) is 16.9 Å². The third-order valence-electron chi connectivity index (χ3n) is 5.93. The molecular weight excluding hydrogens is 402 g/mol. The van der Waals surface area contributed by atoms with E-state index in [4.69, 9.17) is 9.72 Å². The molecule has 4 aromatic rings. The zero-order valence-electron chi connectivity index (χ0n) is 18.4. The number of anilines is 3. The van der Waals surface area contributed by atoms with Crippen molar-refractivity contribution in [1.29, 1.82) is 0 Å². The fourth-order valence-corrected chi connectivity index (χ4v) is 4.23. The average molecular weight is 430 g/mol. The van der Waals surface area contributed by atoms with Crippen molar-refractivity contribution in [2.45, 2.75) is 38.1 Å². The summed E-state index contributed by atoms with van der Waals surface area (Å²) in [4.78, 5) is 13.9. The Balaban J connectivity index is 1.43. The molecule has 0 unspecified atom stereocenters. The van der Waals surface area contributed by atoms with Gasteiger partial charge in [-0.3, -0.25) is 4.68 Å². The molecule has 164 valence electrons. The van der Waals surface area contributed by atoms with E-state index < -0.39 is 0 Å². The Bertz CT molecular complexity index is 1230. The third kappa shape index (κ3) is 4.21. The molecule has 1 aromatic carbocycles. The third-order valence-corrected chi connectivity index (χ3v) is 5.93. The molecule has 1 saturated carbocycles. The van der Waals surface area contributed by atoms with Crippen LogP contribution < -0.4 is 15.4 Å². The second-order valence-electron chi connectivity index (χ2n) is 8.21. The summed E-state index contributed by atoms with van der Waals surface area (Å²) in [6, 6.07) is 8.37. The number of pyridine rings is 1. The Labute approximate surface area is 187 Å². The molecule has 1 aliphatic carbocycles. The Hall–Kier alpha value is -3.68. The summed E-state index contributed by atoms with van der Waals surface area (Å²) in [6.07, 6.45) is 13.6. The van der Waals surface area contributed by atoms with Gasteiger partial charge in [-0.15, -0.1) is 0 Å². The summed E-state index contributed by atoms with van der Waals surface area (Å²) < 4.78 is 7.41. The highest BCUT2D eigenvalue weighted by atomic mass is 16.5. The minimum atomic E-state index is 0.452.